The van der Waals surface area contributed by atoms with Crippen LogP contribution in [-0.4, -0.2) is 43.7 Å². The number of nitrogens with zero attached hydrogens (tertiary/aromatic N) is 1. The highest BCUT2D eigenvalue weighted by Crippen LogP contribution is 2.11. The van der Waals surface area contributed by atoms with E-state index in [4.69, 9.17) is 10.5 Å². The number of rotatable bonds is 4. The highest BCUT2D eigenvalue weighted by atomic mass is 16.5. The van der Waals surface area contributed by atoms with Crippen LogP contribution in [0.25, 0.3) is 0 Å². The monoisotopic (exact) mass is 214 g/mol. The molecule has 1 aliphatic rings. The molecular formula is C11H22N2O2. The first-order chi connectivity index (χ1) is 7.27. The number of ether oxygens (including phenoxy) is 1. The van der Waals surface area contributed by atoms with Gasteiger partial charge in [0.15, 0.2) is 0 Å². The van der Waals surface area contributed by atoms with Gasteiger partial charge in [0.05, 0.1) is 12.5 Å². The average molecular weight is 214 g/mol. The van der Waals surface area contributed by atoms with Gasteiger partial charge in [-0.1, -0.05) is 12.8 Å². The molecule has 4 nitrogen and oxygen atoms in total. The number of hydrogen-bond donors (Lipinski definition) is 1. The first-order valence-electron chi connectivity index (χ1n) is 5.78. The Morgan fingerprint density at radius 3 is 2.40 bits per heavy atom. The third-order valence-corrected chi connectivity index (χ3v) is 2.96. The Morgan fingerprint density at radius 2 is 1.93 bits per heavy atom. The van der Waals surface area contributed by atoms with Gasteiger partial charge in [-0.25, -0.2) is 0 Å². The van der Waals surface area contributed by atoms with Gasteiger partial charge in [0.25, 0.3) is 0 Å². The summed E-state index contributed by atoms with van der Waals surface area (Å²) < 4.78 is 5.12. The SMILES string of the molecule is COC(CN)CC(=O)N1CCCCCC1. The van der Waals surface area contributed by atoms with E-state index in [1.54, 1.807) is 7.11 Å². The van der Waals surface area contributed by atoms with Gasteiger partial charge >= 0.3 is 0 Å². The minimum atomic E-state index is -0.124. The highest BCUT2D eigenvalue weighted by Gasteiger charge is 2.18. The lowest BCUT2D eigenvalue weighted by atomic mass is 10.2. The molecule has 1 saturated heterocycles. The van der Waals surface area contributed by atoms with Crippen LogP contribution >= 0.6 is 0 Å². The summed E-state index contributed by atoms with van der Waals surface area (Å²) in [6.45, 7) is 2.22. The molecule has 1 amide bonds. The number of hydrogen-bond acceptors (Lipinski definition) is 3. The van der Waals surface area contributed by atoms with Crippen LogP contribution in [0.15, 0.2) is 0 Å². The van der Waals surface area contributed by atoms with E-state index in [0.29, 0.717) is 13.0 Å². The molecule has 0 aromatic heterocycles. The Hall–Kier alpha value is -0.610. The van der Waals surface area contributed by atoms with Crippen molar-refractivity contribution >= 4 is 5.91 Å². The number of amides is 1. The minimum Gasteiger partial charge on any atom is -0.380 e. The molecule has 0 saturated carbocycles. The van der Waals surface area contributed by atoms with E-state index in [1.165, 1.54) is 12.8 Å². The number of methoxy groups -OCH3 is 1. The van der Waals surface area contributed by atoms with Gasteiger partial charge in [-0.3, -0.25) is 4.79 Å². The van der Waals surface area contributed by atoms with Crippen LogP contribution in [0.5, 0.6) is 0 Å². The van der Waals surface area contributed by atoms with Crippen molar-refractivity contribution in [2.45, 2.75) is 38.2 Å². The van der Waals surface area contributed by atoms with Crippen LogP contribution in [-0.2, 0) is 9.53 Å². The van der Waals surface area contributed by atoms with E-state index in [-0.39, 0.29) is 12.0 Å². The fraction of sp³-hybridized carbons (Fsp3) is 0.909. The summed E-state index contributed by atoms with van der Waals surface area (Å²) in [5.41, 5.74) is 5.50. The highest BCUT2D eigenvalue weighted by molar-refractivity contribution is 5.76. The molecule has 1 atom stereocenters. The van der Waals surface area contributed by atoms with Gasteiger partial charge in [0.2, 0.25) is 5.91 Å². The van der Waals surface area contributed by atoms with E-state index in [9.17, 15) is 4.79 Å². The molecule has 1 aliphatic heterocycles. The molecule has 2 N–H and O–H groups in total. The van der Waals surface area contributed by atoms with Crippen LogP contribution < -0.4 is 5.73 Å². The van der Waals surface area contributed by atoms with Gasteiger partial charge in [0.1, 0.15) is 0 Å². The lowest BCUT2D eigenvalue weighted by Gasteiger charge is -2.22. The van der Waals surface area contributed by atoms with Crippen LogP contribution in [0, 0.1) is 0 Å². The molecule has 1 heterocycles. The topological polar surface area (TPSA) is 55.6 Å². The maximum absolute atomic E-state index is 11.9. The van der Waals surface area contributed by atoms with E-state index in [2.05, 4.69) is 0 Å². The second-order valence-electron chi connectivity index (χ2n) is 4.09. The zero-order chi connectivity index (χ0) is 11.1. The maximum atomic E-state index is 11.9. The molecular weight excluding hydrogens is 192 g/mol. The molecule has 88 valence electrons. The molecule has 1 fully saturated rings. The van der Waals surface area contributed by atoms with Crippen LogP contribution in [0.1, 0.15) is 32.1 Å². The minimum absolute atomic E-state index is 0.124. The zero-order valence-corrected chi connectivity index (χ0v) is 9.58. The van der Waals surface area contributed by atoms with E-state index in [1.807, 2.05) is 4.90 Å². The van der Waals surface area contributed by atoms with Crippen molar-refractivity contribution in [2.75, 3.05) is 26.7 Å². The summed E-state index contributed by atoms with van der Waals surface area (Å²) in [5, 5.41) is 0. The van der Waals surface area contributed by atoms with Crippen LogP contribution in [0.2, 0.25) is 0 Å². The Balaban J connectivity index is 2.36. The Bertz CT molecular complexity index is 185. The summed E-state index contributed by atoms with van der Waals surface area (Å²) in [4.78, 5) is 13.8. The number of nitrogens with two attached hydrogens (primary N) is 1. The molecule has 4 heteroatoms. The Morgan fingerprint density at radius 1 is 1.33 bits per heavy atom. The summed E-state index contributed by atoms with van der Waals surface area (Å²) >= 11 is 0. The van der Waals surface area contributed by atoms with Crippen molar-refractivity contribution in [1.29, 1.82) is 0 Å². The largest absolute Gasteiger partial charge is 0.380 e. The van der Waals surface area contributed by atoms with Crippen molar-refractivity contribution in [2.24, 2.45) is 5.73 Å². The van der Waals surface area contributed by atoms with E-state index >= 15 is 0 Å². The molecule has 0 spiro atoms. The fourth-order valence-electron chi connectivity index (χ4n) is 1.91. The van der Waals surface area contributed by atoms with Crippen molar-refractivity contribution in [3.8, 4) is 0 Å². The van der Waals surface area contributed by atoms with Crippen molar-refractivity contribution in [1.82, 2.24) is 4.90 Å². The van der Waals surface area contributed by atoms with E-state index < -0.39 is 0 Å². The maximum Gasteiger partial charge on any atom is 0.225 e. The standard InChI is InChI=1S/C11H22N2O2/c1-15-10(9-12)8-11(14)13-6-4-2-3-5-7-13/h10H,2-9,12H2,1H3. The van der Waals surface area contributed by atoms with Gasteiger partial charge in [0, 0.05) is 26.7 Å². The van der Waals surface area contributed by atoms with Crippen LogP contribution in [0.4, 0.5) is 0 Å². The lowest BCUT2D eigenvalue weighted by molar-refractivity contribution is -0.133. The van der Waals surface area contributed by atoms with Gasteiger partial charge in [-0.05, 0) is 12.8 Å². The predicted octanol–water partition coefficient (Wildman–Crippen LogP) is 0.753. The zero-order valence-electron chi connectivity index (χ0n) is 9.58. The Kier molecular flexibility index (Phi) is 5.65. The molecule has 0 aromatic rings. The smallest absolute Gasteiger partial charge is 0.225 e. The summed E-state index contributed by atoms with van der Waals surface area (Å²) in [5.74, 6) is 0.189. The molecule has 1 unspecified atom stereocenters. The summed E-state index contributed by atoms with van der Waals surface area (Å²) in [6.07, 6.45) is 5.05. The van der Waals surface area contributed by atoms with E-state index in [0.717, 1.165) is 25.9 Å². The number of carbonyl (C=O) groups excluding carboxylic acids is 1. The van der Waals surface area contributed by atoms with Gasteiger partial charge in [-0.2, -0.15) is 0 Å². The fourth-order valence-corrected chi connectivity index (χ4v) is 1.91. The van der Waals surface area contributed by atoms with Gasteiger partial charge < -0.3 is 15.4 Å². The molecule has 0 aromatic carbocycles. The predicted molar refractivity (Wildman–Crippen MR) is 59.5 cm³/mol. The second kappa shape index (κ2) is 6.80. The van der Waals surface area contributed by atoms with Gasteiger partial charge in [-0.15, -0.1) is 0 Å². The third kappa shape index (κ3) is 4.18. The summed E-state index contributed by atoms with van der Waals surface area (Å²) in [6, 6.07) is 0. The average Bonchev–Trinajstić information content (AvgIpc) is 2.54. The number of likely N-dealkylation sites (tertiary alicyclic amines) is 1. The Labute approximate surface area is 91.8 Å². The molecule has 0 radical (unpaired) electrons. The lowest BCUT2D eigenvalue weighted by Crippen LogP contribution is -2.36. The second-order valence-corrected chi connectivity index (χ2v) is 4.09. The number of carbonyl (C=O) groups is 1. The van der Waals surface area contributed by atoms with Crippen LogP contribution in [0.3, 0.4) is 0 Å². The molecule has 0 bridgehead atoms. The van der Waals surface area contributed by atoms with Crippen molar-refractivity contribution < 1.29 is 9.53 Å². The molecule has 0 aliphatic carbocycles. The van der Waals surface area contributed by atoms with Crippen molar-refractivity contribution in [3.63, 3.8) is 0 Å². The summed E-state index contributed by atoms with van der Waals surface area (Å²) in [7, 11) is 1.60. The third-order valence-electron chi connectivity index (χ3n) is 2.96. The quantitative estimate of drug-likeness (QED) is 0.751. The van der Waals surface area contributed by atoms with Crippen molar-refractivity contribution in [3.05, 3.63) is 0 Å². The first-order valence-corrected chi connectivity index (χ1v) is 5.78. The normalized spacial score (nSPS) is 19.7. The first kappa shape index (κ1) is 12.5. The molecule has 15 heavy (non-hydrogen) atoms. The molecule has 1 rings (SSSR count).